The Morgan fingerprint density at radius 1 is 1.25 bits per heavy atom. The minimum absolute atomic E-state index is 0.407. The van der Waals surface area contributed by atoms with Gasteiger partial charge in [-0.3, -0.25) is 0 Å². The molecule has 2 heteroatoms. The smallest absolute Gasteiger partial charge is 0.00768 e. The van der Waals surface area contributed by atoms with Crippen LogP contribution in [0.2, 0.25) is 0 Å². The maximum absolute atomic E-state index is 3.69. The first-order chi connectivity index (χ1) is 7.34. The van der Waals surface area contributed by atoms with Crippen molar-refractivity contribution in [2.75, 3.05) is 18.4 Å². The van der Waals surface area contributed by atoms with Crippen LogP contribution in [0.4, 0.5) is 0 Å². The Kier molecular flexibility index (Phi) is 5.31. The predicted octanol–water partition coefficient (Wildman–Crippen LogP) is 4.16. The molecule has 1 heterocycles. The summed E-state index contributed by atoms with van der Waals surface area (Å²) in [5.74, 6) is 1.63. The highest BCUT2D eigenvalue weighted by Crippen LogP contribution is 2.31. The van der Waals surface area contributed by atoms with Crippen LogP contribution in [-0.4, -0.2) is 29.4 Å². The van der Waals surface area contributed by atoms with E-state index in [1.807, 2.05) is 0 Å². The molecule has 3 unspecified atom stereocenters. The van der Waals surface area contributed by atoms with Crippen LogP contribution in [0.25, 0.3) is 0 Å². The lowest BCUT2D eigenvalue weighted by atomic mass is 9.81. The molecule has 0 spiro atoms. The quantitative estimate of drug-likeness (QED) is 0.705. The monoisotopic (exact) mass is 289 g/mol. The van der Waals surface area contributed by atoms with E-state index in [1.165, 1.54) is 25.9 Å². The van der Waals surface area contributed by atoms with Gasteiger partial charge in [0, 0.05) is 24.5 Å². The summed E-state index contributed by atoms with van der Waals surface area (Å²) in [4.78, 5) is 2.70. The van der Waals surface area contributed by atoms with E-state index in [2.05, 4.69) is 55.4 Å². The van der Waals surface area contributed by atoms with Gasteiger partial charge >= 0.3 is 0 Å². The van der Waals surface area contributed by atoms with Crippen LogP contribution in [0.15, 0.2) is 0 Å². The predicted molar refractivity (Wildman–Crippen MR) is 76.2 cm³/mol. The molecule has 0 aliphatic carbocycles. The third kappa shape index (κ3) is 4.03. The van der Waals surface area contributed by atoms with Crippen LogP contribution in [0.1, 0.15) is 47.5 Å². The van der Waals surface area contributed by atoms with Gasteiger partial charge in [-0.15, -0.1) is 0 Å². The number of likely N-dealkylation sites (tertiary alicyclic amines) is 1. The first-order valence-electron chi connectivity index (χ1n) is 6.64. The van der Waals surface area contributed by atoms with Gasteiger partial charge in [-0.1, -0.05) is 43.6 Å². The van der Waals surface area contributed by atoms with Crippen LogP contribution in [0.5, 0.6) is 0 Å². The third-order valence-electron chi connectivity index (χ3n) is 4.11. The molecular formula is C14H28BrN. The first kappa shape index (κ1) is 14.5. The summed E-state index contributed by atoms with van der Waals surface area (Å²) in [5, 5.41) is 1.12. The molecule has 0 bridgehead atoms. The summed E-state index contributed by atoms with van der Waals surface area (Å²) in [5.41, 5.74) is 0.407. The van der Waals surface area contributed by atoms with Gasteiger partial charge in [0.25, 0.3) is 0 Å². The lowest BCUT2D eigenvalue weighted by molar-refractivity contribution is 0.0819. The van der Waals surface area contributed by atoms with Crippen molar-refractivity contribution < 1.29 is 0 Å². The van der Waals surface area contributed by atoms with Gasteiger partial charge in [0.05, 0.1) is 0 Å². The van der Waals surface area contributed by atoms with Crippen LogP contribution < -0.4 is 0 Å². The maximum Gasteiger partial charge on any atom is 0.00768 e. The number of nitrogens with zero attached hydrogens (tertiary/aromatic N) is 1. The van der Waals surface area contributed by atoms with Gasteiger partial charge in [0.1, 0.15) is 0 Å². The van der Waals surface area contributed by atoms with Crippen LogP contribution in [-0.2, 0) is 0 Å². The van der Waals surface area contributed by atoms with Crippen LogP contribution in [0, 0.1) is 17.3 Å². The molecule has 16 heavy (non-hydrogen) atoms. The fourth-order valence-corrected chi connectivity index (χ4v) is 3.65. The standard InChI is InChI=1S/C14H28BrN/c1-11-6-7-12(2)16(9-11)10-13(8-15)14(3,4)5/h11-13H,6-10H2,1-5H3. The molecule has 0 aromatic rings. The largest absolute Gasteiger partial charge is 0.300 e. The fraction of sp³-hybridized carbons (Fsp3) is 1.00. The summed E-state index contributed by atoms with van der Waals surface area (Å²) in [7, 11) is 0. The fourth-order valence-electron chi connectivity index (χ4n) is 2.47. The van der Waals surface area contributed by atoms with Gasteiger partial charge in [-0.2, -0.15) is 0 Å². The Balaban J connectivity index is 2.56. The van der Waals surface area contributed by atoms with Crippen molar-refractivity contribution in [3.05, 3.63) is 0 Å². The minimum Gasteiger partial charge on any atom is -0.300 e. The average molecular weight is 290 g/mol. The molecule has 0 aromatic heterocycles. The van der Waals surface area contributed by atoms with Crippen molar-refractivity contribution in [2.24, 2.45) is 17.3 Å². The number of alkyl halides is 1. The molecule has 0 amide bonds. The third-order valence-corrected chi connectivity index (χ3v) is 4.89. The van der Waals surface area contributed by atoms with Crippen LogP contribution in [0.3, 0.4) is 0 Å². The highest BCUT2D eigenvalue weighted by molar-refractivity contribution is 9.09. The van der Waals surface area contributed by atoms with Gasteiger partial charge < -0.3 is 4.90 Å². The number of hydrogen-bond donors (Lipinski definition) is 0. The normalized spacial score (nSPS) is 30.4. The van der Waals surface area contributed by atoms with Crippen molar-refractivity contribution in [3.63, 3.8) is 0 Å². The average Bonchev–Trinajstić information content (AvgIpc) is 2.17. The van der Waals surface area contributed by atoms with Gasteiger partial charge in [-0.25, -0.2) is 0 Å². The van der Waals surface area contributed by atoms with E-state index in [1.54, 1.807) is 0 Å². The lowest BCUT2D eigenvalue weighted by Crippen LogP contribution is -2.46. The SMILES string of the molecule is CC1CCC(C)N(CC(CBr)C(C)(C)C)C1. The molecule has 96 valence electrons. The van der Waals surface area contributed by atoms with Crippen molar-refractivity contribution in [3.8, 4) is 0 Å². The Labute approximate surface area is 110 Å². The Hall–Kier alpha value is 0.440. The zero-order valence-electron chi connectivity index (χ0n) is 11.6. The van der Waals surface area contributed by atoms with E-state index >= 15 is 0 Å². The second-order valence-electron chi connectivity index (χ2n) is 6.70. The molecule has 1 fully saturated rings. The van der Waals surface area contributed by atoms with Gasteiger partial charge in [0.2, 0.25) is 0 Å². The summed E-state index contributed by atoms with van der Waals surface area (Å²) >= 11 is 3.69. The second-order valence-corrected chi connectivity index (χ2v) is 7.35. The Morgan fingerprint density at radius 2 is 1.88 bits per heavy atom. The zero-order valence-corrected chi connectivity index (χ0v) is 13.2. The minimum atomic E-state index is 0.407. The molecule has 1 nitrogen and oxygen atoms in total. The number of rotatable bonds is 3. The first-order valence-corrected chi connectivity index (χ1v) is 7.76. The molecule has 0 aromatic carbocycles. The topological polar surface area (TPSA) is 3.24 Å². The van der Waals surface area contributed by atoms with Gasteiger partial charge in [-0.05, 0) is 37.0 Å². The number of halogens is 1. The molecule has 0 N–H and O–H groups in total. The van der Waals surface area contributed by atoms with E-state index in [0.717, 1.165) is 23.2 Å². The highest BCUT2D eigenvalue weighted by atomic mass is 79.9. The van der Waals surface area contributed by atoms with E-state index in [4.69, 9.17) is 0 Å². The van der Waals surface area contributed by atoms with Crippen molar-refractivity contribution in [1.82, 2.24) is 4.90 Å². The molecule has 0 radical (unpaired) electrons. The molecule has 1 aliphatic heterocycles. The molecular weight excluding hydrogens is 262 g/mol. The zero-order chi connectivity index (χ0) is 12.3. The van der Waals surface area contributed by atoms with Crippen molar-refractivity contribution in [2.45, 2.75) is 53.5 Å². The molecule has 1 aliphatic rings. The number of piperidine rings is 1. The van der Waals surface area contributed by atoms with Gasteiger partial charge in [0.15, 0.2) is 0 Å². The Bertz CT molecular complexity index is 209. The van der Waals surface area contributed by atoms with Crippen molar-refractivity contribution >= 4 is 15.9 Å². The highest BCUT2D eigenvalue weighted by Gasteiger charge is 2.30. The summed E-state index contributed by atoms with van der Waals surface area (Å²) in [6, 6.07) is 0.778. The second kappa shape index (κ2) is 5.86. The van der Waals surface area contributed by atoms with E-state index in [0.29, 0.717) is 5.41 Å². The maximum atomic E-state index is 3.69. The van der Waals surface area contributed by atoms with Crippen molar-refractivity contribution in [1.29, 1.82) is 0 Å². The number of hydrogen-bond acceptors (Lipinski definition) is 1. The van der Waals surface area contributed by atoms with E-state index in [9.17, 15) is 0 Å². The lowest BCUT2D eigenvalue weighted by Gasteiger charge is -2.41. The van der Waals surface area contributed by atoms with E-state index < -0.39 is 0 Å². The molecule has 1 rings (SSSR count). The Morgan fingerprint density at radius 3 is 2.38 bits per heavy atom. The molecule has 3 atom stereocenters. The molecule has 1 saturated heterocycles. The summed E-state index contributed by atoms with van der Waals surface area (Å²) in [6.45, 7) is 14.4. The summed E-state index contributed by atoms with van der Waals surface area (Å²) in [6.07, 6.45) is 2.78. The van der Waals surface area contributed by atoms with Crippen LogP contribution >= 0.6 is 15.9 Å². The molecule has 0 saturated carbocycles. The summed E-state index contributed by atoms with van der Waals surface area (Å²) < 4.78 is 0. The van der Waals surface area contributed by atoms with E-state index in [-0.39, 0.29) is 0 Å².